The normalized spacial score (nSPS) is 21.9. The fourth-order valence-electron chi connectivity index (χ4n) is 4.20. The Bertz CT molecular complexity index is 877. The van der Waals surface area contributed by atoms with Gasteiger partial charge in [0.05, 0.1) is 12.7 Å². The predicted octanol–water partition coefficient (Wildman–Crippen LogP) is 3.42. The molecule has 2 aromatic rings. The molecule has 3 fully saturated rings. The van der Waals surface area contributed by atoms with Crippen LogP contribution in [0.2, 0.25) is 0 Å². The maximum Gasteiger partial charge on any atom is 0.324 e. The summed E-state index contributed by atoms with van der Waals surface area (Å²) in [5.41, 5.74) is 0. The number of aldehydes is 1. The molecule has 0 radical (unpaired) electrons. The molecule has 3 aliphatic rings. The van der Waals surface area contributed by atoms with Gasteiger partial charge in [-0.15, -0.1) is 0 Å². The molecule has 0 spiro atoms. The molecule has 3 saturated heterocycles. The van der Waals surface area contributed by atoms with Crippen LogP contribution in [0.1, 0.15) is 76.9 Å². The molecule has 0 aromatic carbocycles. The van der Waals surface area contributed by atoms with E-state index in [0.717, 1.165) is 69.5 Å². The SMILES string of the molecule is CC(C)c1noc(N2CCC(C3CO3)CC2)n1.CC(C)c1noc(N2CCC(C=O)CC2)n1. The van der Waals surface area contributed by atoms with Crippen molar-refractivity contribution in [1.29, 1.82) is 0 Å². The van der Waals surface area contributed by atoms with E-state index in [1.165, 1.54) is 12.8 Å². The third kappa shape index (κ3) is 6.10. The van der Waals surface area contributed by atoms with E-state index in [2.05, 4.69) is 43.9 Å². The summed E-state index contributed by atoms with van der Waals surface area (Å²) < 4.78 is 15.9. The first-order valence-electron chi connectivity index (χ1n) is 12.2. The van der Waals surface area contributed by atoms with E-state index in [-0.39, 0.29) is 11.8 Å². The molecule has 0 amide bonds. The van der Waals surface area contributed by atoms with E-state index < -0.39 is 0 Å². The van der Waals surface area contributed by atoms with Gasteiger partial charge in [0.25, 0.3) is 0 Å². The summed E-state index contributed by atoms with van der Waals surface area (Å²) in [5, 5.41) is 7.94. The number of carbonyl (C=O) groups excluding carboxylic acids is 1. The lowest BCUT2D eigenvalue weighted by molar-refractivity contribution is -0.111. The van der Waals surface area contributed by atoms with Crippen molar-refractivity contribution in [2.45, 2.75) is 71.3 Å². The lowest BCUT2D eigenvalue weighted by Gasteiger charge is -2.29. The Morgan fingerprint density at radius 3 is 1.64 bits per heavy atom. The highest BCUT2D eigenvalue weighted by atomic mass is 16.6. The molecular formula is C23H36N6O4. The molecule has 0 bridgehead atoms. The van der Waals surface area contributed by atoms with Gasteiger partial charge in [0.1, 0.15) is 6.29 Å². The van der Waals surface area contributed by atoms with Crippen molar-refractivity contribution in [1.82, 2.24) is 20.3 Å². The highest BCUT2D eigenvalue weighted by molar-refractivity contribution is 5.54. The number of piperidine rings is 2. The average Bonchev–Trinajstić information content (AvgIpc) is 3.34. The Kier molecular flexibility index (Phi) is 7.62. The van der Waals surface area contributed by atoms with Crippen LogP contribution in [0.25, 0.3) is 0 Å². The van der Waals surface area contributed by atoms with Gasteiger partial charge in [-0.1, -0.05) is 38.0 Å². The number of hydrogen-bond acceptors (Lipinski definition) is 10. The minimum atomic E-state index is 0.198. The summed E-state index contributed by atoms with van der Waals surface area (Å²) in [6.07, 6.45) is 5.68. The van der Waals surface area contributed by atoms with Crippen LogP contribution in [0.3, 0.4) is 0 Å². The monoisotopic (exact) mass is 460 g/mol. The van der Waals surface area contributed by atoms with Gasteiger partial charge < -0.3 is 28.4 Å². The van der Waals surface area contributed by atoms with Crippen LogP contribution < -0.4 is 9.80 Å². The van der Waals surface area contributed by atoms with Crippen molar-refractivity contribution in [3.05, 3.63) is 11.6 Å². The fraction of sp³-hybridized carbons (Fsp3) is 0.783. The minimum Gasteiger partial charge on any atom is -0.373 e. The third-order valence-electron chi connectivity index (χ3n) is 6.59. The molecule has 3 aliphatic heterocycles. The number of rotatable bonds is 6. The molecule has 5 rings (SSSR count). The van der Waals surface area contributed by atoms with E-state index in [1.54, 1.807) is 0 Å². The summed E-state index contributed by atoms with van der Waals surface area (Å²) in [4.78, 5) is 23.7. The molecule has 10 heteroatoms. The Morgan fingerprint density at radius 2 is 1.27 bits per heavy atom. The van der Waals surface area contributed by atoms with Crippen LogP contribution in [-0.2, 0) is 9.53 Å². The van der Waals surface area contributed by atoms with Crippen LogP contribution >= 0.6 is 0 Å². The lowest BCUT2D eigenvalue weighted by atomic mass is 9.94. The van der Waals surface area contributed by atoms with Crippen molar-refractivity contribution < 1.29 is 18.6 Å². The molecule has 5 heterocycles. The first-order chi connectivity index (χ1) is 15.9. The second-order valence-electron chi connectivity index (χ2n) is 9.84. The second kappa shape index (κ2) is 10.6. The molecular weight excluding hydrogens is 424 g/mol. The van der Waals surface area contributed by atoms with E-state index in [4.69, 9.17) is 13.8 Å². The maximum absolute atomic E-state index is 10.6. The largest absolute Gasteiger partial charge is 0.373 e. The Hall–Kier alpha value is -2.49. The zero-order valence-electron chi connectivity index (χ0n) is 20.1. The van der Waals surface area contributed by atoms with E-state index >= 15 is 0 Å². The van der Waals surface area contributed by atoms with Gasteiger partial charge in [-0.3, -0.25) is 0 Å². The van der Waals surface area contributed by atoms with Gasteiger partial charge in [-0.05, 0) is 31.6 Å². The van der Waals surface area contributed by atoms with Gasteiger partial charge in [0, 0.05) is 43.9 Å². The molecule has 0 saturated carbocycles. The molecule has 0 N–H and O–H groups in total. The summed E-state index contributed by atoms with van der Waals surface area (Å²) in [6, 6.07) is 1.27. The number of anilines is 2. The highest BCUT2D eigenvalue weighted by Crippen LogP contribution is 2.31. The Morgan fingerprint density at radius 1 is 0.818 bits per heavy atom. The zero-order chi connectivity index (χ0) is 23.4. The summed E-state index contributed by atoms with van der Waals surface area (Å²) in [5.74, 6) is 3.08. The first kappa shape index (κ1) is 23.7. The van der Waals surface area contributed by atoms with Crippen molar-refractivity contribution in [2.24, 2.45) is 11.8 Å². The van der Waals surface area contributed by atoms with Gasteiger partial charge in [0.2, 0.25) is 0 Å². The standard InChI is InChI=1S/C12H19N3O2.C11H17N3O2/c1-8(2)11-13-12(17-14-11)15-5-3-9(4-6-15)10-7-16-10;1-8(2)10-12-11(16-13-10)14-5-3-9(7-15)4-6-14/h8-10H,3-7H2,1-2H3;7-9H,3-6H2,1-2H3. The highest BCUT2D eigenvalue weighted by Gasteiger charge is 2.35. The fourth-order valence-corrected chi connectivity index (χ4v) is 4.20. The molecule has 0 aliphatic carbocycles. The molecule has 2 aromatic heterocycles. The molecule has 1 unspecified atom stereocenters. The average molecular weight is 461 g/mol. The van der Waals surface area contributed by atoms with Crippen molar-refractivity contribution in [2.75, 3.05) is 42.6 Å². The van der Waals surface area contributed by atoms with Crippen molar-refractivity contribution >= 4 is 18.3 Å². The first-order valence-corrected chi connectivity index (χ1v) is 12.2. The van der Waals surface area contributed by atoms with Gasteiger partial charge in [0.15, 0.2) is 11.6 Å². The van der Waals surface area contributed by atoms with Crippen LogP contribution in [0.5, 0.6) is 0 Å². The summed E-state index contributed by atoms with van der Waals surface area (Å²) in [6.45, 7) is 12.8. The van der Waals surface area contributed by atoms with E-state index in [9.17, 15) is 4.79 Å². The number of nitrogens with zero attached hydrogens (tertiary/aromatic N) is 6. The van der Waals surface area contributed by atoms with Gasteiger partial charge in [-0.2, -0.15) is 9.97 Å². The predicted molar refractivity (Wildman–Crippen MR) is 122 cm³/mol. The van der Waals surface area contributed by atoms with Gasteiger partial charge in [-0.25, -0.2) is 0 Å². The summed E-state index contributed by atoms with van der Waals surface area (Å²) >= 11 is 0. The van der Waals surface area contributed by atoms with Crippen LogP contribution in [0, 0.1) is 11.8 Å². The van der Waals surface area contributed by atoms with E-state index in [0.29, 0.717) is 24.1 Å². The molecule has 10 nitrogen and oxygen atoms in total. The smallest absolute Gasteiger partial charge is 0.324 e. The zero-order valence-corrected chi connectivity index (χ0v) is 20.1. The number of aromatic nitrogens is 4. The molecule has 1 atom stereocenters. The number of ether oxygens (including phenoxy) is 1. The number of carbonyl (C=O) groups is 1. The Balaban J connectivity index is 0.000000157. The summed E-state index contributed by atoms with van der Waals surface area (Å²) in [7, 11) is 0. The quantitative estimate of drug-likeness (QED) is 0.469. The van der Waals surface area contributed by atoms with Crippen molar-refractivity contribution in [3.8, 4) is 0 Å². The molecule has 182 valence electrons. The van der Waals surface area contributed by atoms with Crippen LogP contribution in [0.4, 0.5) is 12.0 Å². The molecule has 33 heavy (non-hydrogen) atoms. The number of hydrogen-bond donors (Lipinski definition) is 0. The minimum absolute atomic E-state index is 0.198. The van der Waals surface area contributed by atoms with Gasteiger partial charge >= 0.3 is 12.0 Å². The maximum atomic E-state index is 10.6. The van der Waals surface area contributed by atoms with Crippen LogP contribution in [-0.4, -0.2) is 65.5 Å². The third-order valence-corrected chi connectivity index (χ3v) is 6.59. The van der Waals surface area contributed by atoms with Crippen LogP contribution in [0.15, 0.2) is 9.05 Å². The lowest BCUT2D eigenvalue weighted by Crippen LogP contribution is -2.35. The number of epoxide rings is 1. The van der Waals surface area contributed by atoms with Crippen molar-refractivity contribution in [3.63, 3.8) is 0 Å². The second-order valence-corrected chi connectivity index (χ2v) is 9.84. The topological polar surface area (TPSA) is 114 Å². The Labute approximate surface area is 195 Å². The van der Waals surface area contributed by atoms with E-state index in [1.807, 2.05) is 13.8 Å².